The molecule has 5 heteroatoms. The zero-order valence-corrected chi connectivity index (χ0v) is 12.3. The SMILES string of the molecule is CCCNc1cc(SC(C)CO)nc(CCC)n1. The zero-order chi connectivity index (χ0) is 13.4. The molecule has 0 aliphatic rings. The standard InChI is InChI=1S/C13H23N3OS/c1-4-6-11-15-12(14-7-5-2)8-13(16-11)18-10(3)9-17/h8,10,17H,4-7,9H2,1-3H3,(H,14,15,16). The third-order valence-electron chi connectivity index (χ3n) is 2.36. The fourth-order valence-electron chi connectivity index (χ4n) is 1.46. The zero-order valence-electron chi connectivity index (χ0n) is 11.4. The van der Waals surface area contributed by atoms with Crippen LogP contribution in [0.15, 0.2) is 11.1 Å². The van der Waals surface area contributed by atoms with E-state index < -0.39 is 0 Å². The molecular formula is C13H23N3OS. The molecule has 0 spiro atoms. The summed E-state index contributed by atoms with van der Waals surface area (Å²) in [5, 5.41) is 13.5. The van der Waals surface area contributed by atoms with Gasteiger partial charge in [0, 0.05) is 24.3 Å². The van der Waals surface area contributed by atoms with E-state index in [9.17, 15) is 0 Å². The van der Waals surface area contributed by atoms with Crippen molar-refractivity contribution in [3.63, 3.8) is 0 Å². The predicted octanol–water partition coefficient (Wildman–Crippen LogP) is 2.72. The monoisotopic (exact) mass is 269 g/mol. The van der Waals surface area contributed by atoms with Gasteiger partial charge in [-0.3, -0.25) is 0 Å². The number of thioether (sulfide) groups is 1. The van der Waals surface area contributed by atoms with E-state index in [0.717, 1.165) is 42.5 Å². The number of hydrogen-bond acceptors (Lipinski definition) is 5. The summed E-state index contributed by atoms with van der Waals surface area (Å²) >= 11 is 1.59. The lowest BCUT2D eigenvalue weighted by Gasteiger charge is -2.11. The normalized spacial score (nSPS) is 12.4. The molecule has 0 aliphatic heterocycles. The summed E-state index contributed by atoms with van der Waals surface area (Å²) in [5.74, 6) is 1.77. The Kier molecular flexibility index (Phi) is 7.05. The van der Waals surface area contributed by atoms with Crippen LogP contribution in [0.5, 0.6) is 0 Å². The summed E-state index contributed by atoms with van der Waals surface area (Å²) in [5.41, 5.74) is 0. The van der Waals surface area contributed by atoms with Gasteiger partial charge < -0.3 is 10.4 Å². The van der Waals surface area contributed by atoms with Crippen molar-refractivity contribution in [3.05, 3.63) is 11.9 Å². The van der Waals surface area contributed by atoms with E-state index in [0.29, 0.717) is 0 Å². The van der Waals surface area contributed by atoms with E-state index in [4.69, 9.17) is 5.11 Å². The summed E-state index contributed by atoms with van der Waals surface area (Å²) < 4.78 is 0. The minimum atomic E-state index is 0.161. The second-order valence-corrected chi connectivity index (χ2v) is 5.75. The van der Waals surface area contributed by atoms with Crippen molar-refractivity contribution < 1.29 is 5.11 Å². The van der Waals surface area contributed by atoms with Gasteiger partial charge in [0.2, 0.25) is 0 Å². The van der Waals surface area contributed by atoms with Gasteiger partial charge in [-0.1, -0.05) is 20.8 Å². The van der Waals surface area contributed by atoms with Gasteiger partial charge in [-0.15, -0.1) is 11.8 Å². The predicted molar refractivity (Wildman–Crippen MR) is 77.2 cm³/mol. The summed E-state index contributed by atoms with van der Waals surface area (Å²) in [6.45, 7) is 7.33. The molecule has 1 atom stereocenters. The fourth-order valence-corrected chi connectivity index (χ4v) is 2.28. The van der Waals surface area contributed by atoms with Crippen molar-refractivity contribution in [2.75, 3.05) is 18.5 Å². The summed E-state index contributed by atoms with van der Waals surface area (Å²) in [6, 6.07) is 1.96. The van der Waals surface area contributed by atoms with Crippen molar-refractivity contribution in [1.82, 2.24) is 9.97 Å². The van der Waals surface area contributed by atoms with Gasteiger partial charge in [0.25, 0.3) is 0 Å². The molecule has 102 valence electrons. The Morgan fingerprint density at radius 1 is 1.33 bits per heavy atom. The highest BCUT2D eigenvalue weighted by molar-refractivity contribution is 7.99. The summed E-state index contributed by atoms with van der Waals surface area (Å²) in [4.78, 5) is 9.02. The molecule has 18 heavy (non-hydrogen) atoms. The van der Waals surface area contributed by atoms with E-state index in [2.05, 4.69) is 29.1 Å². The lowest BCUT2D eigenvalue weighted by molar-refractivity contribution is 0.300. The number of anilines is 1. The highest BCUT2D eigenvalue weighted by atomic mass is 32.2. The lowest BCUT2D eigenvalue weighted by atomic mass is 10.3. The maximum Gasteiger partial charge on any atom is 0.132 e. The number of aryl methyl sites for hydroxylation is 1. The fraction of sp³-hybridized carbons (Fsp3) is 0.692. The van der Waals surface area contributed by atoms with Gasteiger partial charge in [0.1, 0.15) is 16.7 Å². The average Bonchev–Trinajstić information content (AvgIpc) is 2.36. The number of aliphatic hydroxyl groups is 1. The number of nitrogens with zero attached hydrogens (tertiary/aromatic N) is 2. The maximum atomic E-state index is 9.10. The second-order valence-electron chi connectivity index (χ2n) is 4.30. The molecule has 1 unspecified atom stereocenters. The molecule has 0 saturated carbocycles. The number of hydrogen-bond donors (Lipinski definition) is 2. The van der Waals surface area contributed by atoms with Gasteiger partial charge in [0.05, 0.1) is 6.61 Å². The van der Waals surface area contributed by atoms with Crippen molar-refractivity contribution in [2.24, 2.45) is 0 Å². The number of rotatable bonds is 8. The van der Waals surface area contributed by atoms with Crippen molar-refractivity contribution in [3.8, 4) is 0 Å². The van der Waals surface area contributed by atoms with Crippen LogP contribution in [0.2, 0.25) is 0 Å². The van der Waals surface area contributed by atoms with E-state index in [-0.39, 0.29) is 11.9 Å². The van der Waals surface area contributed by atoms with Crippen LogP contribution in [0.3, 0.4) is 0 Å². The van der Waals surface area contributed by atoms with Crippen LogP contribution in [0.25, 0.3) is 0 Å². The van der Waals surface area contributed by atoms with Gasteiger partial charge in [-0.05, 0) is 12.8 Å². The number of nitrogens with one attached hydrogen (secondary N) is 1. The molecule has 0 bridgehead atoms. The Balaban J connectivity index is 2.83. The van der Waals surface area contributed by atoms with Gasteiger partial charge in [0.15, 0.2) is 0 Å². The molecule has 0 fully saturated rings. The smallest absolute Gasteiger partial charge is 0.132 e. The quantitative estimate of drug-likeness (QED) is 0.561. The highest BCUT2D eigenvalue weighted by Gasteiger charge is 2.08. The first kappa shape index (κ1) is 15.2. The van der Waals surface area contributed by atoms with Crippen molar-refractivity contribution in [1.29, 1.82) is 0 Å². The second kappa shape index (κ2) is 8.32. The molecule has 1 aromatic heterocycles. The van der Waals surface area contributed by atoms with E-state index in [1.54, 1.807) is 11.8 Å². The molecular weight excluding hydrogens is 246 g/mol. The molecule has 1 rings (SSSR count). The minimum Gasteiger partial charge on any atom is -0.395 e. The number of aliphatic hydroxyl groups excluding tert-OH is 1. The van der Waals surface area contributed by atoms with Gasteiger partial charge in [-0.25, -0.2) is 9.97 Å². The third kappa shape index (κ3) is 5.23. The Morgan fingerprint density at radius 3 is 2.72 bits per heavy atom. The average molecular weight is 269 g/mol. The van der Waals surface area contributed by atoms with Crippen molar-refractivity contribution in [2.45, 2.75) is 50.3 Å². The van der Waals surface area contributed by atoms with Crippen LogP contribution in [-0.4, -0.2) is 33.5 Å². The van der Waals surface area contributed by atoms with E-state index >= 15 is 0 Å². The van der Waals surface area contributed by atoms with Crippen LogP contribution in [0.4, 0.5) is 5.82 Å². The number of aromatic nitrogens is 2. The Hall–Kier alpha value is -0.810. The maximum absolute atomic E-state index is 9.10. The Bertz CT molecular complexity index is 360. The first-order valence-electron chi connectivity index (χ1n) is 6.58. The molecule has 0 saturated heterocycles. The molecule has 4 nitrogen and oxygen atoms in total. The van der Waals surface area contributed by atoms with E-state index in [1.165, 1.54) is 0 Å². The Morgan fingerprint density at radius 2 is 2.11 bits per heavy atom. The molecule has 1 aromatic rings. The van der Waals surface area contributed by atoms with Crippen LogP contribution in [0, 0.1) is 0 Å². The van der Waals surface area contributed by atoms with Crippen LogP contribution in [-0.2, 0) is 6.42 Å². The third-order valence-corrected chi connectivity index (χ3v) is 3.36. The lowest BCUT2D eigenvalue weighted by Crippen LogP contribution is -2.08. The minimum absolute atomic E-state index is 0.161. The molecule has 2 N–H and O–H groups in total. The van der Waals surface area contributed by atoms with E-state index in [1.807, 2.05) is 13.0 Å². The molecule has 0 amide bonds. The molecule has 0 aromatic carbocycles. The van der Waals surface area contributed by atoms with Gasteiger partial charge >= 0.3 is 0 Å². The van der Waals surface area contributed by atoms with Gasteiger partial charge in [-0.2, -0.15) is 0 Å². The largest absolute Gasteiger partial charge is 0.395 e. The van der Waals surface area contributed by atoms with Crippen LogP contribution >= 0.6 is 11.8 Å². The first-order chi connectivity index (χ1) is 8.69. The summed E-state index contributed by atoms with van der Waals surface area (Å²) in [6.07, 6.45) is 3.00. The summed E-state index contributed by atoms with van der Waals surface area (Å²) in [7, 11) is 0. The molecule has 0 radical (unpaired) electrons. The topological polar surface area (TPSA) is 58.0 Å². The highest BCUT2D eigenvalue weighted by Crippen LogP contribution is 2.23. The van der Waals surface area contributed by atoms with Crippen molar-refractivity contribution >= 4 is 17.6 Å². The van der Waals surface area contributed by atoms with Crippen LogP contribution in [0.1, 0.15) is 39.4 Å². The first-order valence-corrected chi connectivity index (χ1v) is 7.46. The Labute approximate surface area is 114 Å². The van der Waals surface area contributed by atoms with Crippen LogP contribution < -0.4 is 5.32 Å². The molecule has 0 aliphatic carbocycles. The molecule has 1 heterocycles.